The molecular weight excluding hydrogens is 666 g/mol. The van der Waals surface area contributed by atoms with Crippen LogP contribution in [0.2, 0.25) is 0 Å². The summed E-state index contributed by atoms with van der Waals surface area (Å²) in [5.41, 5.74) is -7.69. The standard InChI is InChI=1S/C38H30F6O6/c1-47-35(37(39,40)41,26-12-5-3-6-13-26)33(45)49-31-20-19-25-21-24-18-17-23-11-9-10-16-28(23)29(24)22-30(25)32(31)50-34(46)36(48-2,38(42,43)44)27-14-7-4-8-15-27/h3-18,21-22,31-32H,19-20H2,1-2H3/t31-,32+,35+,36+/m0/s1. The minimum Gasteiger partial charge on any atom is -0.455 e. The summed E-state index contributed by atoms with van der Waals surface area (Å²) >= 11 is 0. The van der Waals surface area contributed by atoms with E-state index in [9.17, 15) is 35.9 Å². The van der Waals surface area contributed by atoms with Crippen LogP contribution >= 0.6 is 0 Å². The number of carbonyl (C=O) groups is 2. The number of fused-ring (bicyclic) bond motifs is 4. The van der Waals surface area contributed by atoms with E-state index in [2.05, 4.69) is 0 Å². The number of benzene rings is 5. The molecule has 0 saturated carbocycles. The first kappa shape index (κ1) is 34.9. The van der Waals surface area contributed by atoms with Crippen LogP contribution in [-0.4, -0.2) is 44.6 Å². The van der Waals surface area contributed by atoms with Crippen LogP contribution < -0.4 is 0 Å². The average molecular weight is 697 g/mol. The van der Waals surface area contributed by atoms with Gasteiger partial charge in [0.25, 0.3) is 11.2 Å². The van der Waals surface area contributed by atoms with Gasteiger partial charge in [0.15, 0.2) is 6.10 Å². The third-order valence-corrected chi connectivity index (χ3v) is 9.19. The summed E-state index contributed by atoms with van der Waals surface area (Å²) in [4.78, 5) is 27.7. The van der Waals surface area contributed by atoms with E-state index in [1.165, 1.54) is 36.4 Å². The highest BCUT2D eigenvalue weighted by molar-refractivity contribution is 6.08. The third-order valence-electron chi connectivity index (χ3n) is 9.19. The van der Waals surface area contributed by atoms with Gasteiger partial charge in [-0.3, -0.25) is 0 Å². The molecule has 1 aliphatic rings. The van der Waals surface area contributed by atoms with E-state index in [1.54, 1.807) is 18.2 Å². The van der Waals surface area contributed by atoms with E-state index in [1.807, 2.05) is 30.3 Å². The number of esters is 2. The van der Waals surface area contributed by atoms with Crippen molar-refractivity contribution in [3.8, 4) is 0 Å². The van der Waals surface area contributed by atoms with Crippen molar-refractivity contribution in [1.82, 2.24) is 0 Å². The van der Waals surface area contributed by atoms with Crippen molar-refractivity contribution < 1.29 is 54.9 Å². The third kappa shape index (κ3) is 5.66. The van der Waals surface area contributed by atoms with Crippen molar-refractivity contribution >= 4 is 33.5 Å². The largest absolute Gasteiger partial charge is 0.455 e. The Morgan fingerprint density at radius 3 is 1.64 bits per heavy atom. The molecule has 0 fully saturated rings. The fraction of sp³-hybridized carbons (Fsp3) is 0.263. The van der Waals surface area contributed by atoms with E-state index in [0.29, 0.717) is 25.2 Å². The van der Waals surface area contributed by atoms with Gasteiger partial charge < -0.3 is 18.9 Å². The molecule has 0 saturated heterocycles. The minimum atomic E-state index is -5.35. The quantitative estimate of drug-likeness (QED) is 0.0920. The van der Waals surface area contributed by atoms with E-state index < -0.39 is 58.8 Å². The van der Waals surface area contributed by atoms with Crippen molar-refractivity contribution in [2.24, 2.45) is 0 Å². The Balaban J connectivity index is 1.51. The molecule has 6 nitrogen and oxygen atoms in total. The molecule has 0 aromatic heterocycles. The molecule has 0 radical (unpaired) electrons. The lowest BCUT2D eigenvalue weighted by Crippen LogP contribution is -2.54. The van der Waals surface area contributed by atoms with Gasteiger partial charge >= 0.3 is 24.3 Å². The molecule has 50 heavy (non-hydrogen) atoms. The van der Waals surface area contributed by atoms with Crippen molar-refractivity contribution in [2.45, 2.75) is 48.6 Å². The van der Waals surface area contributed by atoms with Gasteiger partial charge in [0.2, 0.25) is 0 Å². The molecule has 0 N–H and O–H groups in total. The number of carbonyl (C=O) groups excluding carboxylic acids is 2. The first-order valence-electron chi connectivity index (χ1n) is 15.5. The molecule has 0 spiro atoms. The van der Waals surface area contributed by atoms with Gasteiger partial charge in [-0.1, -0.05) is 103 Å². The maximum atomic E-state index is 14.9. The molecule has 6 rings (SSSR count). The van der Waals surface area contributed by atoms with E-state index in [4.69, 9.17) is 18.9 Å². The zero-order valence-corrected chi connectivity index (χ0v) is 26.7. The fourth-order valence-electron chi connectivity index (χ4n) is 6.70. The molecule has 0 unspecified atom stereocenters. The van der Waals surface area contributed by atoms with Crippen molar-refractivity contribution in [2.75, 3.05) is 14.2 Å². The maximum absolute atomic E-state index is 14.9. The predicted molar refractivity (Wildman–Crippen MR) is 171 cm³/mol. The summed E-state index contributed by atoms with van der Waals surface area (Å²) < 4.78 is 110. The second kappa shape index (κ2) is 13.1. The first-order chi connectivity index (χ1) is 23.8. The van der Waals surface area contributed by atoms with Crippen LogP contribution in [0.4, 0.5) is 26.3 Å². The summed E-state index contributed by atoms with van der Waals surface area (Å²) in [6.07, 6.45) is -14.2. The van der Waals surface area contributed by atoms with E-state index >= 15 is 0 Å². The van der Waals surface area contributed by atoms with E-state index in [-0.39, 0.29) is 18.4 Å². The summed E-state index contributed by atoms with van der Waals surface area (Å²) in [7, 11) is 1.40. The van der Waals surface area contributed by atoms with Gasteiger partial charge in [-0.15, -0.1) is 0 Å². The van der Waals surface area contributed by atoms with Gasteiger partial charge in [-0.2, -0.15) is 26.3 Å². The van der Waals surface area contributed by atoms with Gasteiger partial charge in [0.05, 0.1) is 0 Å². The molecule has 5 aromatic rings. The highest BCUT2D eigenvalue weighted by Crippen LogP contribution is 2.48. The van der Waals surface area contributed by atoms with Gasteiger partial charge in [0, 0.05) is 30.9 Å². The smallest absolute Gasteiger partial charge is 0.432 e. The maximum Gasteiger partial charge on any atom is 0.432 e. The average Bonchev–Trinajstić information content (AvgIpc) is 3.09. The van der Waals surface area contributed by atoms with E-state index in [0.717, 1.165) is 40.4 Å². The molecule has 260 valence electrons. The molecule has 0 aliphatic heterocycles. The van der Waals surface area contributed by atoms with Gasteiger partial charge in [-0.25, -0.2) is 9.59 Å². The molecule has 12 heteroatoms. The van der Waals surface area contributed by atoms with Crippen molar-refractivity contribution in [3.63, 3.8) is 0 Å². The summed E-state index contributed by atoms with van der Waals surface area (Å²) in [5, 5.41) is 3.01. The van der Waals surface area contributed by atoms with Crippen LogP contribution in [0.3, 0.4) is 0 Å². The normalized spacial score (nSPS) is 18.9. The van der Waals surface area contributed by atoms with Crippen LogP contribution in [0, 0.1) is 0 Å². The second-order valence-electron chi connectivity index (χ2n) is 11.9. The number of ether oxygens (including phenoxy) is 4. The van der Waals surface area contributed by atoms with Crippen LogP contribution in [0.1, 0.15) is 34.8 Å². The zero-order valence-electron chi connectivity index (χ0n) is 26.7. The summed E-state index contributed by atoms with van der Waals surface area (Å²) in [6, 6.07) is 26.6. The first-order valence-corrected chi connectivity index (χ1v) is 15.5. The Kier molecular flexibility index (Phi) is 9.12. The Morgan fingerprint density at radius 2 is 1.10 bits per heavy atom. The number of rotatable bonds is 8. The number of hydrogen-bond acceptors (Lipinski definition) is 6. The van der Waals surface area contributed by atoms with Crippen LogP contribution in [0.15, 0.2) is 109 Å². The molecule has 1 aliphatic carbocycles. The monoisotopic (exact) mass is 696 g/mol. The fourth-order valence-corrected chi connectivity index (χ4v) is 6.70. The molecule has 0 heterocycles. The molecule has 5 aromatic carbocycles. The lowest BCUT2D eigenvalue weighted by molar-refractivity contribution is -0.286. The molecule has 0 amide bonds. The van der Waals surface area contributed by atoms with Crippen molar-refractivity contribution in [3.05, 3.63) is 131 Å². The van der Waals surface area contributed by atoms with Crippen molar-refractivity contribution in [1.29, 1.82) is 0 Å². The van der Waals surface area contributed by atoms with Crippen LogP contribution in [-0.2, 0) is 46.2 Å². The Labute approximate surface area is 282 Å². The molecular formula is C38H30F6O6. The number of halogens is 6. The Morgan fingerprint density at radius 1 is 0.600 bits per heavy atom. The van der Waals surface area contributed by atoms with Crippen LogP contribution in [0.5, 0.6) is 0 Å². The van der Waals surface area contributed by atoms with Crippen LogP contribution in [0.25, 0.3) is 21.5 Å². The Hall–Kier alpha value is -4.94. The highest BCUT2D eigenvalue weighted by atomic mass is 19.4. The number of hydrogen-bond donors (Lipinski definition) is 0. The minimum absolute atomic E-state index is 0.134. The zero-order chi connectivity index (χ0) is 35.9. The summed E-state index contributed by atoms with van der Waals surface area (Å²) in [5.74, 6) is -3.77. The number of alkyl halides is 6. The van der Waals surface area contributed by atoms with Gasteiger partial charge in [0.1, 0.15) is 6.10 Å². The summed E-state index contributed by atoms with van der Waals surface area (Å²) in [6.45, 7) is 0. The lowest BCUT2D eigenvalue weighted by Gasteiger charge is -2.39. The predicted octanol–water partition coefficient (Wildman–Crippen LogP) is 8.64. The highest BCUT2D eigenvalue weighted by Gasteiger charge is 2.66. The SMILES string of the molecule is CO[C@@](C(=O)O[C@H]1CCc2cc3ccc4ccccc4c3cc2[C@H]1OC(=O)[C@](OC)(c1ccccc1)C(F)(F)F)(c1ccccc1)C(F)(F)F. The number of aryl methyl sites for hydroxylation is 1. The number of methoxy groups -OCH3 is 2. The lowest BCUT2D eigenvalue weighted by atomic mass is 9.84. The topological polar surface area (TPSA) is 71.1 Å². The molecule has 4 atom stereocenters. The molecule has 0 bridgehead atoms. The van der Waals surface area contributed by atoms with Gasteiger partial charge in [-0.05, 0) is 46.0 Å². The Bertz CT molecular complexity index is 2030. The second-order valence-corrected chi connectivity index (χ2v) is 11.9.